The summed E-state index contributed by atoms with van der Waals surface area (Å²) in [7, 11) is 0. The Kier molecular flexibility index (Phi) is 4.45. The van der Waals surface area contributed by atoms with Crippen LogP contribution < -0.4 is 0 Å². The first-order valence-corrected chi connectivity index (χ1v) is 8.11. The number of hydrogen-bond donors (Lipinski definition) is 1. The molecule has 1 aliphatic heterocycles. The van der Waals surface area contributed by atoms with Gasteiger partial charge in [-0.25, -0.2) is 0 Å². The number of carbonyl (C=O) groups is 1. The largest absolute Gasteiger partial charge is 0.480 e. The predicted molar refractivity (Wildman–Crippen MR) is 81.2 cm³/mol. The molecule has 1 aromatic rings. The van der Waals surface area contributed by atoms with Gasteiger partial charge in [0.2, 0.25) is 0 Å². The highest BCUT2D eigenvalue weighted by atomic mass is 35.5. The molecule has 1 aromatic heterocycles. The van der Waals surface area contributed by atoms with Crippen molar-refractivity contribution < 1.29 is 9.90 Å². The summed E-state index contributed by atoms with van der Waals surface area (Å²) in [5, 5.41) is 10.2. The predicted octanol–water partition coefficient (Wildman–Crippen LogP) is 3.34. The number of fused-ring (bicyclic) bond motifs is 1. The number of pyridine rings is 1. The zero-order valence-corrected chi connectivity index (χ0v) is 12.8. The fraction of sp³-hybridized carbons (Fsp3) is 0.625. The average molecular weight is 309 g/mol. The summed E-state index contributed by atoms with van der Waals surface area (Å²) < 4.78 is 0. The van der Waals surface area contributed by atoms with E-state index >= 15 is 0 Å². The molecule has 114 valence electrons. The zero-order chi connectivity index (χ0) is 14.8. The second-order valence-electron chi connectivity index (χ2n) is 6.18. The van der Waals surface area contributed by atoms with E-state index in [1.165, 1.54) is 19.3 Å². The first-order chi connectivity index (χ1) is 10.2. The Labute approximate surface area is 130 Å². The molecule has 5 heteroatoms. The van der Waals surface area contributed by atoms with E-state index in [0.717, 1.165) is 24.8 Å². The van der Waals surface area contributed by atoms with Gasteiger partial charge in [-0.1, -0.05) is 24.4 Å². The Morgan fingerprint density at radius 2 is 2.14 bits per heavy atom. The van der Waals surface area contributed by atoms with Crippen molar-refractivity contribution in [3.8, 4) is 0 Å². The molecule has 0 aromatic carbocycles. The van der Waals surface area contributed by atoms with Gasteiger partial charge >= 0.3 is 5.97 Å². The van der Waals surface area contributed by atoms with E-state index in [9.17, 15) is 9.90 Å². The Balaban J connectivity index is 1.85. The molecule has 4 nitrogen and oxygen atoms in total. The minimum absolute atomic E-state index is 0.381. The number of piperidine rings is 1. The molecule has 2 heterocycles. The highest BCUT2D eigenvalue weighted by Gasteiger charge is 2.41. The Morgan fingerprint density at radius 1 is 1.33 bits per heavy atom. The monoisotopic (exact) mass is 308 g/mol. The van der Waals surface area contributed by atoms with E-state index in [-0.39, 0.29) is 6.04 Å². The van der Waals surface area contributed by atoms with Crippen LogP contribution in [0, 0.1) is 5.92 Å². The summed E-state index contributed by atoms with van der Waals surface area (Å²) in [6.07, 6.45) is 9.97. The number of hydrogen-bond acceptors (Lipinski definition) is 3. The lowest BCUT2D eigenvalue weighted by Crippen LogP contribution is -2.54. The van der Waals surface area contributed by atoms with E-state index in [1.807, 2.05) is 6.07 Å². The quantitative estimate of drug-likeness (QED) is 0.930. The van der Waals surface area contributed by atoms with Crippen molar-refractivity contribution in [1.29, 1.82) is 0 Å². The van der Waals surface area contributed by atoms with Crippen LogP contribution in [0.1, 0.15) is 44.1 Å². The third-order valence-corrected chi connectivity index (χ3v) is 5.34. The van der Waals surface area contributed by atoms with Gasteiger partial charge in [0.25, 0.3) is 0 Å². The molecule has 2 fully saturated rings. The molecule has 0 amide bonds. The first-order valence-electron chi connectivity index (χ1n) is 7.73. The number of halogens is 1. The van der Waals surface area contributed by atoms with Crippen LogP contribution in [0.25, 0.3) is 0 Å². The van der Waals surface area contributed by atoms with Crippen LogP contribution in [0.2, 0.25) is 5.02 Å². The number of aromatic nitrogens is 1. The molecule has 0 bridgehead atoms. The number of aliphatic carboxylic acids is 1. The van der Waals surface area contributed by atoms with Crippen LogP contribution >= 0.6 is 11.6 Å². The van der Waals surface area contributed by atoms with Crippen LogP contribution in [0.15, 0.2) is 18.5 Å². The maximum Gasteiger partial charge on any atom is 0.320 e. The minimum atomic E-state index is -0.704. The second kappa shape index (κ2) is 6.32. The maximum atomic E-state index is 11.6. The lowest BCUT2D eigenvalue weighted by atomic mass is 9.76. The smallest absolute Gasteiger partial charge is 0.320 e. The molecule has 1 N–H and O–H groups in total. The van der Waals surface area contributed by atoms with E-state index in [0.29, 0.717) is 23.5 Å². The zero-order valence-electron chi connectivity index (χ0n) is 12.0. The summed E-state index contributed by atoms with van der Waals surface area (Å²) in [5.41, 5.74) is 0.976. The van der Waals surface area contributed by atoms with Crippen LogP contribution in [0.5, 0.6) is 0 Å². The van der Waals surface area contributed by atoms with Gasteiger partial charge in [0.1, 0.15) is 6.04 Å². The molecule has 3 rings (SSSR count). The molecule has 0 spiro atoms. The van der Waals surface area contributed by atoms with Crippen molar-refractivity contribution in [2.24, 2.45) is 5.92 Å². The molecule has 1 aliphatic carbocycles. The van der Waals surface area contributed by atoms with Crippen LogP contribution in [-0.2, 0) is 11.3 Å². The third-order valence-electron chi connectivity index (χ3n) is 5.00. The molecule has 1 saturated heterocycles. The van der Waals surface area contributed by atoms with Crippen molar-refractivity contribution in [3.05, 3.63) is 29.0 Å². The standard InChI is InChI=1S/C16H21ClN2O2/c17-13-9-18-8-7-12(13)10-19-14-4-2-1-3-11(14)5-6-15(19)16(20)21/h7-9,11,14-15H,1-6,10H2,(H,20,21). The van der Waals surface area contributed by atoms with Gasteiger partial charge in [0.15, 0.2) is 0 Å². The van der Waals surface area contributed by atoms with Gasteiger partial charge < -0.3 is 5.11 Å². The Hall–Kier alpha value is -1.13. The van der Waals surface area contributed by atoms with E-state index in [2.05, 4.69) is 9.88 Å². The molecule has 1 saturated carbocycles. The van der Waals surface area contributed by atoms with Gasteiger partial charge in [-0.3, -0.25) is 14.7 Å². The van der Waals surface area contributed by atoms with Gasteiger partial charge in [-0.2, -0.15) is 0 Å². The fourth-order valence-corrected chi connectivity index (χ4v) is 4.13. The molecular formula is C16H21ClN2O2. The van der Waals surface area contributed by atoms with Gasteiger partial charge in [0.05, 0.1) is 5.02 Å². The summed E-state index contributed by atoms with van der Waals surface area (Å²) in [6, 6.07) is 1.90. The number of rotatable bonds is 3. The lowest BCUT2D eigenvalue weighted by Gasteiger charge is -2.47. The molecule has 0 radical (unpaired) electrons. The topological polar surface area (TPSA) is 53.4 Å². The van der Waals surface area contributed by atoms with E-state index in [1.54, 1.807) is 12.4 Å². The SMILES string of the molecule is O=C(O)C1CCC2CCCCC2N1Cc1ccncc1Cl. The number of likely N-dealkylation sites (tertiary alicyclic amines) is 1. The van der Waals surface area contributed by atoms with Crippen LogP contribution in [-0.4, -0.2) is 33.0 Å². The molecular weight excluding hydrogens is 288 g/mol. The van der Waals surface area contributed by atoms with Crippen LogP contribution in [0.3, 0.4) is 0 Å². The molecule has 2 aliphatic rings. The summed E-state index contributed by atoms with van der Waals surface area (Å²) in [6.45, 7) is 0.611. The molecule has 3 unspecified atom stereocenters. The third kappa shape index (κ3) is 3.06. The Morgan fingerprint density at radius 3 is 2.90 bits per heavy atom. The van der Waals surface area contributed by atoms with Crippen molar-refractivity contribution in [2.45, 2.75) is 57.2 Å². The second-order valence-corrected chi connectivity index (χ2v) is 6.59. The lowest BCUT2D eigenvalue weighted by molar-refractivity contribution is -0.148. The van der Waals surface area contributed by atoms with Crippen LogP contribution in [0.4, 0.5) is 0 Å². The molecule has 3 atom stereocenters. The maximum absolute atomic E-state index is 11.6. The van der Waals surface area contributed by atoms with E-state index < -0.39 is 5.97 Å². The van der Waals surface area contributed by atoms with Gasteiger partial charge in [-0.15, -0.1) is 0 Å². The number of carboxylic acid groups (broad SMARTS) is 1. The van der Waals surface area contributed by atoms with Gasteiger partial charge in [-0.05, 0) is 43.2 Å². The highest BCUT2D eigenvalue weighted by Crippen LogP contribution is 2.39. The highest BCUT2D eigenvalue weighted by molar-refractivity contribution is 6.31. The van der Waals surface area contributed by atoms with Crippen molar-refractivity contribution in [1.82, 2.24) is 9.88 Å². The van der Waals surface area contributed by atoms with Crippen molar-refractivity contribution in [2.75, 3.05) is 0 Å². The summed E-state index contributed by atoms with van der Waals surface area (Å²) in [4.78, 5) is 17.8. The van der Waals surface area contributed by atoms with Gasteiger partial charge in [0, 0.05) is 25.0 Å². The fourth-order valence-electron chi connectivity index (χ4n) is 3.95. The average Bonchev–Trinajstić information content (AvgIpc) is 2.49. The van der Waals surface area contributed by atoms with Crippen molar-refractivity contribution in [3.63, 3.8) is 0 Å². The summed E-state index contributed by atoms with van der Waals surface area (Å²) >= 11 is 6.21. The summed E-state index contributed by atoms with van der Waals surface area (Å²) in [5.74, 6) is -0.0563. The van der Waals surface area contributed by atoms with E-state index in [4.69, 9.17) is 11.6 Å². The van der Waals surface area contributed by atoms with Crippen molar-refractivity contribution >= 4 is 17.6 Å². The minimum Gasteiger partial charge on any atom is -0.480 e. The molecule has 21 heavy (non-hydrogen) atoms. The Bertz CT molecular complexity index is 523. The first kappa shape index (κ1) is 14.8. The number of carboxylic acids is 1. The number of nitrogens with zero attached hydrogens (tertiary/aromatic N) is 2. The normalized spacial score (nSPS) is 29.9.